The monoisotopic (exact) mass is 349 g/mol. The molecule has 2 aromatic rings. The maximum atomic E-state index is 5.48. The zero-order valence-corrected chi connectivity index (χ0v) is 13.6. The van der Waals surface area contributed by atoms with Crippen LogP contribution in [0.25, 0.3) is 10.9 Å². The predicted octanol–water partition coefficient (Wildman–Crippen LogP) is 3.22. The Labute approximate surface area is 133 Å². The summed E-state index contributed by atoms with van der Waals surface area (Å²) in [6.07, 6.45) is 5.54. The number of nitrogens with zero attached hydrogens (tertiary/aromatic N) is 3. The number of halogens is 1. The van der Waals surface area contributed by atoms with E-state index in [1.807, 2.05) is 6.20 Å². The van der Waals surface area contributed by atoms with Crippen LogP contribution < -0.4 is 0 Å². The summed E-state index contributed by atoms with van der Waals surface area (Å²) >= 11 is 3.53. The van der Waals surface area contributed by atoms with E-state index in [1.165, 1.54) is 36.7 Å². The van der Waals surface area contributed by atoms with Gasteiger partial charge in [0.05, 0.1) is 17.8 Å². The van der Waals surface area contributed by atoms with Crippen molar-refractivity contribution in [1.29, 1.82) is 0 Å². The topological polar surface area (TPSA) is 30.3 Å². The molecule has 21 heavy (non-hydrogen) atoms. The summed E-state index contributed by atoms with van der Waals surface area (Å²) < 4.78 is 8.82. The number of hydrogen-bond acceptors (Lipinski definition) is 3. The molecule has 0 N–H and O–H groups in total. The molecular formula is C16H20BrN3O. The SMILES string of the molecule is Brc1ccc2c(cnn2C2CCN(C3CCOCC3)C2)c1. The number of aromatic nitrogens is 2. The number of fused-ring (bicyclic) bond motifs is 1. The highest BCUT2D eigenvalue weighted by atomic mass is 79.9. The van der Waals surface area contributed by atoms with Gasteiger partial charge in [-0.1, -0.05) is 15.9 Å². The summed E-state index contributed by atoms with van der Waals surface area (Å²) in [5, 5.41) is 5.86. The second-order valence-electron chi connectivity index (χ2n) is 6.07. The van der Waals surface area contributed by atoms with Crippen molar-refractivity contribution in [1.82, 2.24) is 14.7 Å². The summed E-state index contributed by atoms with van der Waals surface area (Å²) in [5.74, 6) is 0. The van der Waals surface area contributed by atoms with Gasteiger partial charge in [0, 0.05) is 42.2 Å². The molecule has 0 radical (unpaired) electrons. The summed E-state index contributed by atoms with van der Waals surface area (Å²) in [4.78, 5) is 2.64. The van der Waals surface area contributed by atoms with Crippen LogP contribution in [0.15, 0.2) is 28.9 Å². The largest absolute Gasteiger partial charge is 0.381 e. The first-order valence-electron chi connectivity index (χ1n) is 7.76. The Bertz CT molecular complexity index is 635. The van der Waals surface area contributed by atoms with E-state index in [4.69, 9.17) is 4.74 Å². The maximum absolute atomic E-state index is 5.48. The van der Waals surface area contributed by atoms with Gasteiger partial charge in [-0.15, -0.1) is 0 Å². The molecule has 0 aliphatic carbocycles. The van der Waals surface area contributed by atoms with Crippen LogP contribution in [-0.4, -0.2) is 47.0 Å². The molecule has 0 spiro atoms. The van der Waals surface area contributed by atoms with Gasteiger partial charge in [-0.3, -0.25) is 9.58 Å². The predicted molar refractivity (Wildman–Crippen MR) is 86.5 cm³/mol. The van der Waals surface area contributed by atoms with Crippen LogP contribution in [0.5, 0.6) is 0 Å². The number of rotatable bonds is 2. The van der Waals surface area contributed by atoms with E-state index in [0.717, 1.165) is 24.2 Å². The minimum Gasteiger partial charge on any atom is -0.381 e. The lowest BCUT2D eigenvalue weighted by Gasteiger charge is -2.31. The molecule has 5 heteroatoms. The van der Waals surface area contributed by atoms with Gasteiger partial charge in [-0.2, -0.15) is 5.10 Å². The highest BCUT2D eigenvalue weighted by Gasteiger charge is 2.31. The van der Waals surface area contributed by atoms with Crippen molar-refractivity contribution in [2.24, 2.45) is 0 Å². The number of benzene rings is 1. The molecule has 1 atom stereocenters. The molecule has 112 valence electrons. The van der Waals surface area contributed by atoms with E-state index in [-0.39, 0.29) is 0 Å². The Balaban J connectivity index is 1.53. The molecule has 3 heterocycles. The van der Waals surface area contributed by atoms with Crippen molar-refractivity contribution in [2.75, 3.05) is 26.3 Å². The molecule has 0 bridgehead atoms. The Morgan fingerprint density at radius 2 is 2.00 bits per heavy atom. The Morgan fingerprint density at radius 1 is 1.14 bits per heavy atom. The molecule has 1 unspecified atom stereocenters. The van der Waals surface area contributed by atoms with Crippen LogP contribution in [-0.2, 0) is 4.74 Å². The highest BCUT2D eigenvalue weighted by molar-refractivity contribution is 9.10. The van der Waals surface area contributed by atoms with Crippen LogP contribution in [0, 0.1) is 0 Å². The average molecular weight is 350 g/mol. The molecule has 2 saturated heterocycles. The first-order chi connectivity index (χ1) is 10.3. The molecule has 1 aromatic heterocycles. The van der Waals surface area contributed by atoms with Gasteiger partial charge in [0.25, 0.3) is 0 Å². The van der Waals surface area contributed by atoms with Crippen molar-refractivity contribution in [3.8, 4) is 0 Å². The van der Waals surface area contributed by atoms with E-state index in [0.29, 0.717) is 12.1 Å². The van der Waals surface area contributed by atoms with Crippen LogP contribution in [0.3, 0.4) is 0 Å². The molecule has 2 aliphatic heterocycles. The van der Waals surface area contributed by atoms with Gasteiger partial charge in [-0.05, 0) is 37.5 Å². The average Bonchev–Trinajstić information content (AvgIpc) is 3.13. The summed E-state index contributed by atoms with van der Waals surface area (Å²) in [7, 11) is 0. The van der Waals surface area contributed by atoms with Gasteiger partial charge in [-0.25, -0.2) is 0 Å². The maximum Gasteiger partial charge on any atom is 0.0687 e. The first-order valence-corrected chi connectivity index (χ1v) is 8.55. The van der Waals surface area contributed by atoms with E-state index in [1.54, 1.807) is 0 Å². The minimum absolute atomic E-state index is 0.506. The molecule has 0 saturated carbocycles. The first kappa shape index (κ1) is 13.7. The fourth-order valence-corrected chi connectivity index (χ4v) is 4.04. The fourth-order valence-electron chi connectivity index (χ4n) is 3.66. The third kappa shape index (κ3) is 2.62. The quantitative estimate of drug-likeness (QED) is 0.833. The lowest BCUT2D eigenvalue weighted by Crippen LogP contribution is -2.38. The molecule has 1 aromatic carbocycles. The van der Waals surface area contributed by atoms with Gasteiger partial charge < -0.3 is 4.74 Å². The standard InChI is InChI=1S/C16H20BrN3O/c17-13-1-2-16-12(9-13)10-18-20(16)15-3-6-19(11-15)14-4-7-21-8-5-14/h1-2,9-10,14-15H,3-8,11H2. The molecule has 0 amide bonds. The van der Waals surface area contributed by atoms with Crippen molar-refractivity contribution in [3.63, 3.8) is 0 Å². The normalized spacial score (nSPS) is 24.9. The Hall–Kier alpha value is -0.910. The van der Waals surface area contributed by atoms with Gasteiger partial charge >= 0.3 is 0 Å². The zero-order chi connectivity index (χ0) is 14.2. The van der Waals surface area contributed by atoms with Crippen LogP contribution in [0.4, 0.5) is 0 Å². The van der Waals surface area contributed by atoms with Crippen molar-refractivity contribution in [3.05, 3.63) is 28.9 Å². The highest BCUT2D eigenvalue weighted by Crippen LogP contribution is 2.29. The van der Waals surface area contributed by atoms with E-state index < -0.39 is 0 Å². The van der Waals surface area contributed by atoms with E-state index in [2.05, 4.69) is 48.8 Å². The van der Waals surface area contributed by atoms with Crippen LogP contribution >= 0.6 is 15.9 Å². The number of likely N-dealkylation sites (tertiary alicyclic amines) is 1. The van der Waals surface area contributed by atoms with Crippen molar-refractivity contribution < 1.29 is 4.74 Å². The summed E-state index contributed by atoms with van der Waals surface area (Å²) in [5.41, 5.74) is 1.25. The molecule has 2 fully saturated rings. The number of ether oxygens (including phenoxy) is 1. The van der Waals surface area contributed by atoms with Crippen LogP contribution in [0.1, 0.15) is 25.3 Å². The second-order valence-corrected chi connectivity index (χ2v) is 6.99. The third-order valence-electron chi connectivity index (χ3n) is 4.81. The van der Waals surface area contributed by atoms with E-state index in [9.17, 15) is 0 Å². The number of hydrogen-bond donors (Lipinski definition) is 0. The van der Waals surface area contributed by atoms with Gasteiger partial charge in [0.2, 0.25) is 0 Å². The molecule has 4 nitrogen and oxygen atoms in total. The van der Waals surface area contributed by atoms with Crippen molar-refractivity contribution >= 4 is 26.8 Å². The fraction of sp³-hybridized carbons (Fsp3) is 0.562. The van der Waals surface area contributed by atoms with E-state index >= 15 is 0 Å². The summed E-state index contributed by atoms with van der Waals surface area (Å²) in [6.45, 7) is 4.15. The molecule has 2 aliphatic rings. The van der Waals surface area contributed by atoms with Crippen molar-refractivity contribution in [2.45, 2.75) is 31.3 Å². The molecule has 4 rings (SSSR count). The lowest BCUT2D eigenvalue weighted by atomic mass is 10.1. The smallest absolute Gasteiger partial charge is 0.0687 e. The second kappa shape index (κ2) is 5.71. The van der Waals surface area contributed by atoms with Gasteiger partial charge in [0.1, 0.15) is 0 Å². The minimum atomic E-state index is 0.506. The Kier molecular flexibility index (Phi) is 3.73. The molecular weight excluding hydrogens is 330 g/mol. The zero-order valence-electron chi connectivity index (χ0n) is 12.0. The third-order valence-corrected chi connectivity index (χ3v) is 5.30. The van der Waals surface area contributed by atoms with Gasteiger partial charge in [0.15, 0.2) is 0 Å². The van der Waals surface area contributed by atoms with Crippen LogP contribution in [0.2, 0.25) is 0 Å². The lowest BCUT2D eigenvalue weighted by molar-refractivity contribution is 0.0412. The summed E-state index contributed by atoms with van der Waals surface area (Å²) in [6, 6.07) is 7.63. The Morgan fingerprint density at radius 3 is 2.86 bits per heavy atom.